The molecule has 6 heteroatoms. The average molecular weight is 397 g/mol. The standard InChI is InChI=1S/C21H34O5P/c1-7-16(2)19(23)26-15-21(3,14-22)20(24)25-12-17-8-10-18(11-9-17)13-27(4,5)6/h8-11,16,22H,7,12-15H2,1-6H3/q+1. The lowest BCUT2D eigenvalue weighted by molar-refractivity contribution is -0.168. The molecule has 0 saturated carbocycles. The van der Waals surface area contributed by atoms with Gasteiger partial charge < -0.3 is 14.6 Å². The second-order valence-corrected chi connectivity index (χ2v) is 13.4. The molecule has 0 saturated heterocycles. The van der Waals surface area contributed by atoms with Crippen LogP contribution in [0.3, 0.4) is 0 Å². The number of rotatable bonds is 10. The molecule has 1 rings (SSSR count). The summed E-state index contributed by atoms with van der Waals surface area (Å²) in [7, 11) is -0.890. The molecular weight excluding hydrogens is 363 g/mol. The van der Waals surface area contributed by atoms with Crippen LogP contribution in [0.1, 0.15) is 38.3 Å². The van der Waals surface area contributed by atoms with Gasteiger partial charge in [0.15, 0.2) is 0 Å². The highest BCUT2D eigenvalue weighted by Crippen LogP contribution is 2.49. The fourth-order valence-corrected chi connectivity index (χ4v) is 3.63. The summed E-state index contributed by atoms with van der Waals surface area (Å²) in [5.74, 6) is -1.19. The third-order valence-electron chi connectivity index (χ3n) is 4.44. The normalized spacial score (nSPS) is 14.9. The molecule has 1 aromatic carbocycles. The maximum Gasteiger partial charge on any atom is 0.317 e. The van der Waals surface area contributed by atoms with E-state index in [-0.39, 0.29) is 25.1 Å². The Hall–Kier alpha value is -1.45. The molecule has 1 aromatic rings. The molecule has 0 bridgehead atoms. The van der Waals surface area contributed by atoms with Gasteiger partial charge in [0.25, 0.3) is 0 Å². The molecule has 152 valence electrons. The van der Waals surface area contributed by atoms with Crippen molar-refractivity contribution in [2.45, 2.75) is 40.0 Å². The third-order valence-corrected chi connectivity index (χ3v) is 5.75. The lowest BCUT2D eigenvalue weighted by Crippen LogP contribution is -2.39. The molecule has 0 aliphatic heterocycles. The van der Waals surface area contributed by atoms with Crippen molar-refractivity contribution in [3.8, 4) is 0 Å². The minimum absolute atomic E-state index is 0.124. The van der Waals surface area contributed by atoms with Crippen LogP contribution in [0.4, 0.5) is 0 Å². The molecule has 0 heterocycles. The molecule has 0 aliphatic carbocycles. The van der Waals surface area contributed by atoms with Crippen LogP contribution in [0.5, 0.6) is 0 Å². The quantitative estimate of drug-likeness (QED) is 0.481. The van der Waals surface area contributed by atoms with Gasteiger partial charge in [-0.25, -0.2) is 0 Å². The summed E-state index contributed by atoms with van der Waals surface area (Å²) >= 11 is 0. The van der Waals surface area contributed by atoms with E-state index in [0.717, 1.165) is 11.7 Å². The Morgan fingerprint density at radius 1 is 1.11 bits per heavy atom. The maximum atomic E-state index is 12.4. The molecule has 0 fully saturated rings. The Labute approximate surface area is 163 Å². The first-order valence-electron chi connectivity index (χ1n) is 9.33. The van der Waals surface area contributed by atoms with Crippen molar-refractivity contribution in [3.05, 3.63) is 35.4 Å². The van der Waals surface area contributed by atoms with Gasteiger partial charge in [0.1, 0.15) is 18.6 Å². The molecule has 1 N–H and O–H groups in total. The van der Waals surface area contributed by atoms with Gasteiger partial charge in [0.2, 0.25) is 0 Å². The number of carbonyl (C=O) groups excluding carboxylic acids is 2. The number of hydrogen-bond acceptors (Lipinski definition) is 5. The number of aliphatic hydroxyl groups is 1. The first kappa shape index (κ1) is 23.6. The molecular formula is C21H34O5P+. The second kappa shape index (κ2) is 10.2. The van der Waals surface area contributed by atoms with Crippen LogP contribution in [-0.2, 0) is 31.8 Å². The predicted octanol–water partition coefficient (Wildman–Crippen LogP) is 3.72. The Bertz CT molecular complexity index is 620. The van der Waals surface area contributed by atoms with E-state index in [1.165, 1.54) is 12.5 Å². The predicted molar refractivity (Wildman–Crippen MR) is 110 cm³/mol. The highest BCUT2D eigenvalue weighted by Gasteiger charge is 2.36. The van der Waals surface area contributed by atoms with E-state index >= 15 is 0 Å². The summed E-state index contributed by atoms with van der Waals surface area (Å²) < 4.78 is 10.6. The first-order valence-corrected chi connectivity index (χ1v) is 12.7. The van der Waals surface area contributed by atoms with E-state index in [0.29, 0.717) is 6.42 Å². The van der Waals surface area contributed by atoms with E-state index < -0.39 is 25.3 Å². The van der Waals surface area contributed by atoms with Crippen LogP contribution in [-0.4, -0.2) is 50.3 Å². The van der Waals surface area contributed by atoms with Gasteiger partial charge in [-0.2, -0.15) is 0 Å². The molecule has 0 aliphatic rings. The minimum Gasteiger partial charge on any atom is -0.464 e. The number of ether oxygens (including phenoxy) is 2. The van der Waals surface area contributed by atoms with Crippen LogP contribution in [0.2, 0.25) is 0 Å². The summed E-state index contributed by atoms with van der Waals surface area (Å²) in [6.07, 6.45) is 1.74. The topological polar surface area (TPSA) is 72.8 Å². The Kier molecular flexibility index (Phi) is 8.90. The largest absolute Gasteiger partial charge is 0.464 e. The maximum absolute atomic E-state index is 12.4. The van der Waals surface area contributed by atoms with Crippen molar-refractivity contribution >= 4 is 19.2 Å². The molecule has 2 unspecified atom stereocenters. The van der Waals surface area contributed by atoms with Crippen LogP contribution in [0, 0.1) is 11.3 Å². The van der Waals surface area contributed by atoms with Crippen molar-refractivity contribution in [1.29, 1.82) is 0 Å². The summed E-state index contributed by atoms with van der Waals surface area (Å²) in [4.78, 5) is 24.2. The van der Waals surface area contributed by atoms with E-state index in [1.807, 2.05) is 19.1 Å². The van der Waals surface area contributed by atoms with Crippen LogP contribution >= 0.6 is 7.26 Å². The highest BCUT2D eigenvalue weighted by atomic mass is 31.2. The first-order chi connectivity index (χ1) is 12.5. The van der Waals surface area contributed by atoms with Gasteiger partial charge in [-0.15, -0.1) is 0 Å². The molecule has 0 spiro atoms. The summed E-state index contributed by atoms with van der Waals surface area (Å²) in [5, 5.41) is 9.62. The fourth-order valence-electron chi connectivity index (χ4n) is 2.32. The smallest absolute Gasteiger partial charge is 0.317 e. The highest BCUT2D eigenvalue weighted by molar-refractivity contribution is 7.72. The fraction of sp³-hybridized carbons (Fsp3) is 0.619. The number of aliphatic hydroxyl groups excluding tert-OH is 1. The zero-order valence-electron chi connectivity index (χ0n) is 17.4. The molecule has 2 atom stereocenters. The Balaban J connectivity index is 2.61. The van der Waals surface area contributed by atoms with Crippen molar-refractivity contribution in [1.82, 2.24) is 0 Å². The number of carbonyl (C=O) groups is 2. The molecule has 0 radical (unpaired) electrons. The van der Waals surface area contributed by atoms with Crippen molar-refractivity contribution in [3.63, 3.8) is 0 Å². The van der Waals surface area contributed by atoms with Crippen molar-refractivity contribution < 1.29 is 24.2 Å². The van der Waals surface area contributed by atoms with Crippen LogP contribution < -0.4 is 0 Å². The van der Waals surface area contributed by atoms with Gasteiger partial charge in [-0.05, 0) is 24.5 Å². The average Bonchev–Trinajstić information content (AvgIpc) is 2.62. The van der Waals surface area contributed by atoms with Gasteiger partial charge in [-0.3, -0.25) is 9.59 Å². The van der Waals surface area contributed by atoms with Crippen molar-refractivity contribution in [2.75, 3.05) is 33.2 Å². The SMILES string of the molecule is CCC(C)C(=O)OCC(C)(CO)C(=O)OCc1ccc(C[P+](C)(C)C)cc1. The van der Waals surface area contributed by atoms with Crippen LogP contribution in [0.15, 0.2) is 24.3 Å². The van der Waals surface area contributed by atoms with E-state index in [2.05, 4.69) is 32.1 Å². The van der Waals surface area contributed by atoms with Gasteiger partial charge in [0, 0.05) is 27.3 Å². The second-order valence-electron chi connectivity index (χ2n) is 8.48. The summed E-state index contributed by atoms with van der Waals surface area (Å²) in [6, 6.07) is 8.04. The third kappa shape index (κ3) is 7.98. The molecule has 0 aromatic heterocycles. The van der Waals surface area contributed by atoms with Crippen molar-refractivity contribution in [2.24, 2.45) is 11.3 Å². The Morgan fingerprint density at radius 2 is 1.67 bits per heavy atom. The summed E-state index contributed by atoms with van der Waals surface area (Å²) in [5.41, 5.74) is 0.902. The number of hydrogen-bond donors (Lipinski definition) is 1. The van der Waals surface area contributed by atoms with E-state index in [4.69, 9.17) is 9.47 Å². The Morgan fingerprint density at radius 3 is 2.15 bits per heavy atom. The molecule has 5 nitrogen and oxygen atoms in total. The van der Waals surface area contributed by atoms with Crippen LogP contribution in [0.25, 0.3) is 0 Å². The number of benzene rings is 1. The minimum atomic E-state index is -1.26. The summed E-state index contributed by atoms with van der Waals surface area (Å²) in [6.45, 7) is 11.6. The monoisotopic (exact) mass is 397 g/mol. The van der Waals surface area contributed by atoms with Gasteiger partial charge in [-0.1, -0.05) is 38.1 Å². The lowest BCUT2D eigenvalue weighted by atomic mass is 9.93. The molecule has 0 amide bonds. The van der Waals surface area contributed by atoms with Gasteiger partial charge in [0.05, 0.1) is 18.7 Å². The number of esters is 2. The zero-order valence-corrected chi connectivity index (χ0v) is 18.3. The lowest BCUT2D eigenvalue weighted by Gasteiger charge is -2.25. The molecule has 27 heavy (non-hydrogen) atoms. The zero-order chi connectivity index (χ0) is 20.7. The van der Waals surface area contributed by atoms with E-state index in [1.54, 1.807) is 6.92 Å². The van der Waals surface area contributed by atoms with Gasteiger partial charge >= 0.3 is 11.9 Å². The van der Waals surface area contributed by atoms with E-state index in [9.17, 15) is 14.7 Å².